The van der Waals surface area contributed by atoms with Gasteiger partial charge in [0.15, 0.2) is 4.34 Å². The lowest BCUT2D eigenvalue weighted by molar-refractivity contribution is -0.120. The maximum absolute atomic E-state index is 12.6. The van der Waals surface area contributed by atoms with E-state index in [0.29, 0.717) is 12.0 Å². The van der Waals surface area contributed by atoms with Gasteiger partial charge in [-0.25, -0.2) is 0 Å². The fraction of sp³-hybridized carbons (Fsp3) is 0.471. The quantitative estimate of drug-likeness (QED) is 0.701. The Morgan fingerprint density at radius 1 is 1.29 bits per heavy atom. The number of anilines is 1. The van der Waals surface area contributed by atoms with Crippen molar-refractivity contribution in [2.24, 2.45) is 5.92 Å². The fourth-order valence-electron chi connectivity index (χ4n) is 2.13. The zero-order valence-electron chi connectivity index (χ0n) is 13.9. The minimum absolute atomic E-state index is 0.0561. The van der Waals surface area contributed by atoms with Gasteiger partial charge in [0.2, 0.25) is 11.0 Å². The summed E-state index contributed by atoms with van der Waals surface area (Å²) in [6.45, 7) is 5.16. The van der Waals surface area contributed by atoms with E-state index < -0.39 is 0 Å². The minimum atomic E-state index is -0.294. The second-order valence-corrected chi connectivity index (χ2v) is 8.67. The van der Waals surface area contributed by atoms with Gasteiger partial charge in [-0.2, -0.15) is 0 Å². The molecule has 7 heteroatoms. The molecule has 1 aromatic heterocycles. The summed E-state index contributed by atoms with van der Waals surface area (Å²) in [5, 5.41) is 15.3. The molecule has 1 fully saturated rings. The number of aromatic nitrogens is 2. The van der Waals surface area contributed by atoms with Crippen LogP contribution in [0.4, 0.5) is 5.13 Å². The van der Waals surface area contributed by atoms with Crippen LogP contribution in [-0.4, -0.2) is 28.7 Å². The molecule has 0 spiro atoms. The highest BCUT2D eigenvalue weighted by Crippen LogP contribution is 2.38. The lowest BCUT2D eigenvalue weighted by atomic mass is 10.1. The third-order valence-corrected chi connectivity index (χ3v) is 5.77. The molecule has 1 aliphatic carbocycles. The van der Waals surface area contributed by atoms with Gasteiger partial charge in [0.05, 0.1) is 0 Å². The SMILES string of the molecule is CC(C)CNc1nnc(SC(C(=O)NC2CC2)c2ccccc2)s1. The normalized spacial score (nSPS) is 15.3. The van der Waals surface area contributed by atoms with E-state index in [0.717, 1.165) is 34.4 Å². The smallest absolute Gasteiger partial charge is 0.238 e. The highest BCUT2D eigenvalue weighted by molar-refractivity contribution is 8.01. The van der Waals surface area contributed by atoms with Gasteiger partial charge < -0.3 is 10.6 Å². The maximum atomic E-state index is 12.6. The van der Waals surface area contributed by atoms with Crippen molar-refractivity contribution in [3.05, 3.63) is 35.9 Å². The van der Waals surface area contributed by atoms with Crippen molar-refractivity contribution in [1.82, 2.24) is 15.5 Å². The molecule has 0 bridgehead atoms. The Morgan fingerprint density at radius 3 is 2.71 bits per heavy atom. The summed E-state index contributed by atoms with van der Waals surface area (Å²) in [6.07, 6.45) is 2.17. The molecule has 0 saturated heterocycles. The Kier molecular flexibility index (Phi) is 5.73. The van der Waals surface area contributed by atoms with Crippen molar-refractivity contribution in [3.63, 3.8) is 0 Å². The Morgan fingerprint density at radius 2 is 2.04 bits per heavy atom. The molecule has 1 atom stereocenters. The largest absolute Gasteiger partial charge is 0.360 e. The highest BCUT2D eigenvalue weighted by atomic mass is 32.2. The molecule has 2 N–H and O–H groups in total. The summed E-state index contributed by atoms with van der Waals surface area (Å²) >= 11 is 2.97. The Bertz CT molecular complexity index is 670. The Labute approximate surface area is 150 Å². The van der Waals surface area contributed by atoms with Crippen LogP contribution in [0, 0.1) is 5.92 Å². The summed E-state index contributed by atoms with van der Waals surface area (Å²) in [7, 11) is 0. The van der Waals surface area contributed by atoms with E-state index in [1.54, 1.807) is 0 Å². The van der Waals surface area contributed by atoms with E-state index >= 15 is 0 Å². The molecule has 1 aliphatic rings. The highest BCUT2D eigenvalue weighted by Gasteiger charge is 2.29. The standard InChI is InChI=1S/C17H22N4OS2/c1-11(2)10-18-16-20-21-17(24-16)23-14(12-6-4-3-5-7-12)15(22)19-13-8-9-13/h3-7,11,13-14H,8-10H2,1-2H3,(H,18,20)(H,19,22). The molecule has 1 aromatic carbocycles. The van der Waals surface area contributed by atoms with Crippen molar-refractivity contribution in [2.75, 3.05) is 11.9 Å². The van der Waals surface area contributed by atoms with Crippen LogP contribution in [0.15, 0.2) is 34.7 Å². The van der Waals surface area contributed by atoms with Crippen LogP contribution in [-0.2, 0) is 4.79 Å². The van der Waals surface area contributed by atoms with Gasteiger partial charge in [-0.05, 0) is 24.3 Å². The predicted molar refractivity (Wildman–Crippen MR) is 99.4 cm³/mol. The zero-order valence-corrected chi connectivity index (χ0v) is 15.5. The monoisotopic (exact) mass is 362 g/mol. The first-order valence-corrected chi connectivity index (χ1v) is 9.91. The zero-order chi connectivity index (χ0) is 16.9. The van der Waals surface area contributed by atoms with E-state index in [2.05, 4.69) is 34.7 Å². The van der Waals surface area contributed by atoms with Crippen LogP contribution >= 0.6 is 23.1 Å². The number of benzene rings is 1. The van der Waals surface area contributed by atoms with Gasteiger partial charge in [0, 0.05) is 12.6 Å². The van der Waals surface area contributed by atoms with Crippen molar-refractivity contribution in [3.8, 4) is 0 Å². The van der Waals surface area contributed by atoms with Gasteiger partial charge in [0.1, 0.15) is 5.25 Å². The van der Waals surface area contributed by atoms with E-state index in [-0.39, 0.29) is 11.2 Å². The number of hydrogen-bond acceptors (Lipinski definition) is 6. The van der Waals surface area contributed by atoms with Crippen LogP contribution in [0.5, 0.6) is 0 Å². The molecule has 0 aliphatic heterocycles. The van der Waals surface area contributed by atoms with Crippen molar-refractivity contribution < 1.29 is 4.79 Å². The number of carbonyl (C=O) groups is 1. The molecule has 0 radical (unpaired) electrons. The molecular formula is C17H22N4OS2. The van der Waals surface area contributed by atoms with E-state index in [1.807, 2.05) is 30.3 Å². The average molecular weight is 363 g/mol. The maximum Gasteiger partial charge on any atom is 0.238 e. The number of hydrogen-bond donors (Lipinski definition) is 2. The minimum Gasteiger partial charge on any atom is -0.360 e. The first-order chi connectivity index (χ1) is 11.6. The lowest BCUT2D eigenvalue weighted by Gasteiger charge is -2.15. The molecule has 5 nitrogen and oxygen atoms in total. The molecule has 1 saturated carbocycles. The second-order valence-electron chi connectivity index (χ2n) is 6.34. The third-order valence-electron chi connectivity index (χ3n) is 3.55. The predicted octanol–water partition coefficient (Wildman–Crippen LogP) is 3.72. The topological polar surface area (TPSA) is 66.9 Å². The first-order valence-electron chi connectivity index (χ1n) is 8.21. The van der Waals surface area contributed by atoms with Gasteiger partial charge >= 0.3 is 0 Å². The number of thioether (sulfide) groups is 1. The van der Waals surface area contributed by atoms with Gasteiger partial charge in [-0.15, -0.1) is 10.2 Å². The number of nitrogens with one attached hydrogen (secondary N) is 2. The number of rotatable bonds is 8. The Balaban J connectivity index is 1.70. The second kappa shape index (κ2) is 7.98. The molecule has 1 heterocycles. The van der Waals surface area contributed by atoms with E-state index in [4.69, 9.17) is 0 Å². The van der Waals surface area contributed by atoms with Crippen molar-refractivity contribution in [2.45, 2.75) is 42.3 Å². The van der Waals surface area contributed by atoms with Crippen LogP contribution in [0.1, 0.15) is 37.5 Å². The third kappa shape index (κ3) is 4.95. The van der Waals surface area contributed by atoms with Crippen LogP contribution in [0.2, 0.25) is 0 Å². The van der Waals surface area contributed by atoms with Crippen LogP contribution < -0.4 is 10.6 Å². The van der Waals surface area contributed by atoms with Crippen LogP contribution in [0.25, 0.3) is 0 Å². The molecule has 1 amide bonds. The first kappa shape index (κ1) is 17.2. The molecule has 1 unspecified atom stereocenters. The van der Waals surface area contributed by atoms with Crippen molar-refractivity contribution >= 4 is 34.1 Å². The number of carbonyl (C=O) groups excluding carboxylic acids is 1. The van der Waals surface area contributed by atoms with Gasteiger partial charge in [-0.3, -0.25) is 4.79 Å². The summed E-state index contributed by atoms with van der Waals surface area (Å²) in [4.78, 5) is 12.6. The van der Waals surface area contributed by atoms with E-state index in [9.17, 15) is 4.79 Å². The molecular weight excluding hydrogens is 340 g/mol. The lowest BCUT2D eigenvalue weighted by Crippen LogP contribution is -2.29. The summed E-state index contributed by atoms with van der Waals surface area (Å²) in [6, 6.07) is 10.2. The Hall–Kier alpha value is -1.60. The van der Waals surface area contributed by atoms with Crippen molar-refractivity contribution in [1.29, 1.82) is 0 Å². The molecule has 24 heavy (non-hydrogen) atoms. The summed E-state index contributed by atoms with van der Waals surface area (Å²) in [5.74, 6) is 0.604. The average Bonchev–Trinajstić information content (AvgIpc) is 3.27. The number of nitrogens with zero attached hydrogens (tertiary/aromatic N) is 2. The summed E-state index contributed by atoms with van der Waals surface area (Å²) in [5.41, 5.74) is 0.993. The van der Waals surface area contributed by atoms with E-state index in [1.165, 1.54) is 23.1 Å². The molecule has 2 aromatic rings. The molecule has 128 valence electrons. The van der Waals surface area contributed by atoms with Gasteiger partial charge in [0.25, 0.3) is 0 Å². The van der Waals surface area contributed by atoms with Crippen LogP contribution in [0.3, 0.4) is 0 Å². The fourth-order valence-corrected chi connectivity index (χ4v) is 4.09. The number of amides is 1. The molecule has 3 rings (SSSR count). The summed E-state index contributed by atoms with van der Waals surface area (Å²) < 4.78 is 0.807. The van der Waals surface area contributed by atoms with Gasteiger partial charge in [-0.1, -0.05) is 67.3 Å².